The topological polar surface area (TPSA) is 42.7 Å². The average molecular weight is 234 g/mol. The van der Waals surface area contributed by atoms with E-state index in [2.05, 4.69) is 33.9 Å². The second-order valence-corrected chi connectivity index (χ2v) is 5.49. The van der Waals surface area contributed by atoms with Crippen LogP contribution in [0.25, 0.3) is 0 Å². The highest BCUT2D eigenvalue weighted by atomic mass is 15.3. The minimum absolute atomic E-state index is 0.418. The monoisotopic (exact) mass is 234 g/mol. The summed E-state index contributed by atoms with van der Waals surface area (Å²) in [6.07, 6.45) is 5.11. The Morgan fingerprint density at radius 1 is 1.41 bits per heavy atom. The number of nitrogens with one attached hydrogen (secondary N) is 1. The summed E-state index contributed by atoms with van der Waals surface area (Å²) in [5, 5.41) is 12.5. The summed E-state index contributed by atoms with van der Waals surface area (Å²) in [5.74, 6) is 3.85. The van der Waals surface area contributed by atoms with Crippen molar-refractivity contribution >= 4 is 0 Å². The van der Waals surface area contributed by atoms with Gasteiger partial charge in [-0.25, -0.2) is 0 Å². The van der Waals surface area contributed by atoms with E-state index in [1.165, 1.54) is 30.9 Å². The van der Waals surface area contributed by atoms with Crippen LogP contribution in [0.2, 0.25) is 0 Å². The van der Waals surface area contributed by atoms with Crippen LogP contribution >= 0.6 is 0 Å². The van der Waals surface area contributed by atoms with E-state index in [0.717, 1.165) is 25.4 Å². The molecule has 2 unspecified atom stereocenters. The molecule has 0 saturated heterocycles. The van der Waals surface area contributed by atoms with Crippen molar-refractivity contribution in [2.24, 2.45) is 5.92 Å². The summed E-state index contributed by atoms with van der Waals surface area (Å²) in [6, 6.07) is 0.418. The lowest BCUT2D eigenvalue weighted by molar-refractivity contribution is 0.382. The highest BCUT2D eigenvalue weighted by molar-refractivity contribution is 5.10. The molecule has 4 heteroatoms. The Balaban J connectivity index is 1.87. The Hall–Kier alpha value is -0.900. The van der Waals surface area contributed by atoms with Gasteiger partial charge in [-0.2, -0.15) is 0 Å². The van der Waals surface area contributed by atoms with E-state index >= 15 is 0 Å². The number of rotatable bonds is 4. The third kappa shape index (κ3) is 1.99. The Kier molecular flexibility index (Phi) is 2.90. The van der Waals surface area contributed by atoms with Gasteiger partial charge in [-0.3, -0.25) is 0 Å². The molecule has 3 rings (SSSR count). The summed E-state index contributed by atoms with van der Waals surface area (Å²) < 4.78 is 2.37. The van der Waals surface area contributed by atoms with E-state index in [0.29, 0.717) is 12.0 Å². The molecular weight excluding hydrogens is 212 g/mol. The smallest absolute Gasteiger partial charge is 0.150 e. The fourth-order valence-corrected chi connectivity index (χ4v) is 2.92. The van der Waals surface area contributed by atoms with Crippen LogP contribution in [0.15, 0.2) is 0 Å². The molecule has 17 heavy (non-hydrogen) atoms. The highest BCUT2D eigenvalue weighted by Crippen LogP contribution is 2.42. The summed E-state index contributed by atoms with van der Waals surface area (Å²) in [4.78, 5) is 0. The van der Waals surface area contributed by atoms with Gasteiger partial charge in [0.15, 0.2) is 0 Å². The average Bonchev–Trinajstić information content (AvgIpc) is 3.09. The zero-order chi connectivity index (χ0) is 11.8. The van der Waals surface area contributed by atoms with Gasteiger partial charge in [0, 0.05) is 19.0 Å². The lowest BCUT2D eigenvalue weighted by atomic mass is 10.0. The molecular formula is C13H22N4. The second-order valence-electron chi connectivity index (χ2n) is 5.49. The van der Waals surface area contributed by atoms with Crippen molar-refractivity contribution in [1.82, 2.24) is 20.1 Å². The minimum Gasteiger partial charge on any atom is -0.312 e. The molecule has 2 aliphatic rings. The number of fused-ring (bicyclic) bond motifs is 1. The summed E-state index contributed by atoms with van der Waals surface area (Å²) >= 11 is 0. The Bertz CT molecular complexity index is 394. The fraction of sp³-hybridized carbons (Fsp3) is 0.846. The van der Waals surface area contributed by atoms with Crippen LogP contribution in [-0.4, -0.2) is 21.3 Å². The molecule has 0 aromatic carbocycles. The molecule has 1 aromatic rings. The van der Waals surface area contributed by atoms with Gasteiger partial charge < -0.3 is 9.88 Å². The van der Waals surface area contributed by atoms with E-state index in [9.17, 15) is 0 Å². The Morgan fingerprint density at radius 2 is 2.24 bits per heavy atom. The molecule has 2 atom stereocenters. The molecule has 0 bridgehead atoms. The van der Waals surface area contributed by atoms with Crippen molar-refractivity contribution in [3.8, 4) is 0 Å². The van der Waals surface area contributed by atoms with E-state index in [4.69, 9.17) is 0 Å². The number of hydrogen-bond donors (Lipinski definition) is 1. The number of hydrogen-bond acceptors (Lipinski definition) is 3. The highest BCUT2D eigenvalue weighted by Gasteiger charge is 2.34. The minimum atomic E-state index is 0.418. The molecule has 94 valence electrons. The molecule has 1 fully saturated rings. The van der Waals surface area contributed by atoms with Crippen LogP contribution in [0.1, 0.15) is 63.1 Å². The molecule has 1 N–H and O–H groups in total. The maximum Gasteiger partial charge on any atom is 0.150 e. The molecule has 1 aliphatic carbocycles. The molecule has 1 saturated carbocycles. The third-order valence-corrected chi connectivity index (χ3v) is 4.16. The van der Waals surface area contributed by atoms with Gasteiger partial charge in [-0.05, 0) is 25.2 Å². The molecule has 2 heterocycles. The standard InChI is InChI=1S/C13H22N4/c1-3-4-11-13-16-15-12(9(2)10-5-6-10)17(13)8-7-14-11/h9-11,14H,3-8H2,1-2H3. The second kappa shape index (κ2) is 4.41. The first-order chi connectivity index (χ1) is 8.31. The Morgan fingerprint density at radius 3 is 2.94 bits per heavy atom. The lowest BCUT2D eigenvalue weighted by Gasteiger charge is -2.25. The van der Waals surface area contributed by atoms with Crippen LogP contribution in [0, 0.1) is 5.92 Å². The van der Waals surface area contributed by atoms with Gasteiger partial charge in [0.1, 0.15) is 11.6 Å². The first-order valence-electron chi connectivity index (χ1n) is 6.97. The maximum atomic E-state index is 4.46. The van der Waals surface area contributed by atoms with Crippen LogP contribution in [0.5, 0.6) is 0 Å². The molecule has 0 spiro atoms. The summed E-state index contributed by atoms with van der Waals surface area (Å²) in [7, 11) is 0. The zero-order valence-electron chi connectivity index (χ0n) is 10.8. The predicted molar refractivity (Wildman–Crippen MR) is 66.8 cm³/mol. The molecule has 0 amide bonds. The molecule has 0 radical (unpaired) electrons. The van der Waals surface area contributed by atoms with Gasteiger partial charge in [-0.1, -0.05) is 20.3 Å². The predicted octanol–water partition coefficient (Wildman–Crippen LogP) is 2.24. The molecule has 1 aromatic heterocycles. The Labute approximate surface area is 103 Å². The van der Waals surface area contributed by atoms with Gasteiger partial charge in [-0.15, -0.1) is 10.2 Å². The summed E-state index contributed by atoms with van der Waals surface area (Å²) in [6.45, 7) is 6.63. The van der Waals surface area contributed by atoms with E-state index in [-0.39, 0.29) is 0 Å². The van der Waals surface area contributed by atoms with Gasteiger partial charge >= 0.3 is 0 Å². The van der Waals surface area contributed by atoms with Crippen molar-refractivity contribution in [1.29, 1.82) is 0 Å². The van der Waals surface area contributed by atoms with Gasteiger partial charge in [0.25, 0.3) is 0 Å². The van der Waals surface area contributed by atoms with Crippen molar-refractivity contribution in [3.05, 3.63) is 11.6 Å². The van der Waals surface area contributed by atoms with Crippen LogP contribution in [0.4, 0.5) is 0 Å². The lowest BCUT2D eigenvalue weighted by Crippen LogP contribution is -2.34. The number of nitrogens with zero attached hydrogens (tertiary/aromatic N) is 3. The van der Waals surface area contributed by atoms with Crippen molar-refractivity contribution in [2.45, 2.75) is 58.0 Å². The zero-order valence-corrected chi connectivity index (χ0v) is 10.8. The maximum absolute atomic E-state index is 4.46. The van der Waals surface area contributed by atoms with Crippen molar-refractivity contribution in [2.75, 3.05) is 6.54 Å². The fourth-order valence-electron chi connectivity index (χ4n) is 2.92. The largest absolute Gasteiger partial charge is 0.312 e. The van der Waals surface area contributed by atoms with E-state index in [1.807, 2.05) is 0 Å². The number of aromatic nitrogens is 3. The third-order valence-electron chi connectivity index (χ3n) is 4.16. The quantitative estimate of drug-likeness (QED) is 0.868. The van der Waals surface area contributed by atoms with Crippen molar-refractivity contribution < 1.29 is 0 Å². The molecule has 4 nitrogen and oxygen atoms in total. The normalized spacial score (nSPS) is 25.6. The SMILES string of the molecule is CCCC1NCCn2c1nnc2C(C)C1CC1. The van der Waals surface area contributed by atoms with E-state index in [1.54, 1.807) is 0 Å². The van der Waals surface area contributed by atoms with E-state index < -0.39 is 0 Å². The van der Waals surface area contributed by atoms with Crippen molar-refractivity contribution in [3.63, 3.8) is 0 Å². The summed E-state index contributed by atoms with van der Waals surface area (Å²) in [5.41, 5.74) is 0. The van der Waals surface area contributed by atoms with Crippen LogP contribution in [0.3, 0.4) is 0 Å². The van der Waals surface area contributed by atoms with Crippen LogP contribution < -0.4 is 5.32 Å². The van der Waals surface area contributed by atoms with Crippen LogP contribution in [-0.2, 0) is 6.54 Å². The van der Waals surface area contributed by atoms with Gasteiger partial charge in [0.2, 0.25) is 0 Å². The first-order valence-corrected chi connectivity index (χ1v) is 6.97. The molecule has 1 aliphatic heterocycles. The van der Waals surface area contributed by atoms with Gasteiger partial charge in [0.05, 0.1) is 6.04 Å². The first kappa shape index (κ1) is 11.2.